The second-order valence-corrected chi connectivity index (χ2v) is 6.16. The number of para-hydroxylation sites is 1. The molecule has 1 N–H and O–H groups in total. The maximum absolute atomic E-state index is 13.0. The largest absolute Gasteiger partial charge is 0.494 e. The molecule has 0 spiro atoms. The SMILES string of the molecule is CCOc1ccccc1CN1C(=O)[C@H](NC(C)=O)c2cc(C)ccc21. The Balaban J connectivity index is 1.97. The van der Waals surface area contributed by atoms with Gasteiger partial charge in [-0.1, -0.05) is 35.9 Å². The molecule has 25 heavy (non-hydrogen) atoms. The molecule has 0 aromatic heterocycles. The lowest BCUT2D eigenvalue weighted by Crippen LogP contribution is -2.36. The summed E-state index contributed by atoms with van der Waals surface area (Å²) in [6, 6.07) is 12.9. The number of hydrogen-bond donors (Lipinski definition) is 1. The van der Waals surface area contributed by atoms with Gasteiger partial charge in [-0.15, -0.1) is 0 Å². The van der Waals surface area contributed by atoms with E-state index in [1.807, 2.05) is 56.3 Å². The van der Waals surface area contributed by atoms with Crippen LogP contribution in [0.4, 0.5) is 5.69 Å². The lowest BCUT2D eigenvalue weighted by molar-refractivity contribution is -0.126. The Morgan fingerprint density at radius 3 is 2.72 bits per heavy atom. The smallest absolute Gasteiger partial charge is 0.254 e. The van der Waals surface area contributed by atoms with Crippen molar-refractivity contribution in [3.05, 3.63) is 59.2 Å². The Kier molecular flexibility index (Phi) is 4.74. The molecule has 5 nitrogen and oxygen atoms in total. The number of nitrogens with zero attached hydrogens (tertiary/aromatic N) is 1. The Morgan fingerprint density at radius 1 is 1.24 bits per heavy atom. The first-order valence-corrected chi connectivity index (χ1v) is 8.41. The van der Waals surface area contributed by atoms with E-state index < -0.39 is 6.04 Å². The van der Waals surface area contributed by atoms with Crippen LogP contribution in [0.15, 0.2) is 42.5 Å². The Hall–Kier alpha value is -2.82. The fourth-order valence-corrected chi connectivity index (χ4v) is 3.17. The highest BCUT2D eigenvalue weighted by Crippen LogP contribution is 2.38. The summed E-state index contributed by atoms with van der Waals surface area (Å²) in [6.07, 6.45) is 0. The van der Waals surface area contributed by atoms with Gasteiger partial charge in [0.25, 0.3) is 5.91 Å². The first-order chi connectivity index (χ1) is 12.0. The van der Waals surface area contributed by atoms with Gasteiger partial charge in [0.2, 0.25) is 5.91 Å². The van der Waals surface area contributed by atoms with Gasteiger partial charge in [0.1, 0.15) is 11.8 Å². The number of carbonyl (C=O) groups excluding carboxylic acids is 2. The number of fused-ring (bicyclic) bond motifs is 1. The Labute approximate surface area is 147 Å². The molecule has 3 rings (SSSR count). The molecule has 1 aliphatic rings. The van der Waals surface area contributed by atoms with Crippen LogP contribution in [0.1, 0.15) is 36.6 Å². The maximum atomic E-state index is 13.0. The van der Waals surface area contributed by atoms with Gasteiger partial charge >= 0.3 is 0 Å². The number of benzene rings is 2. The fraction of sp³-hybridized carbons (Fsp3) is 0.300. The second kappa shape index (κ2) is 6.97. The third-order valence-electron chi connectivity index (χ3n) is 4.25. The van der Waals surface area contributed by atoms with E-state index in [0.29, 0.717) is 13.2 Å². The van der Waals surface area contributed by atoms with Gasteiger partial charge in [0.05, 0.1) is 13.2 Å². The van der Waals surface area contributed by atoms with Crippen LogP contribution >= 0.6 is 0 Å². The zero-order chi connectivity index (χ0) is 18.0. The topological polar surface area (TPSA) is 58.6 Å². The molecule has 0 aliphatic carbocycles. The summed E-state index contributed by atoms with van der Waals surface area (Å²) < 4.78 is 5.67. The van der Waals surface area contributed by atoms with Crippen LogP contribution in [0.25, 0.3) is 0 Å². The third kappa shape index (κ3) is 3.36. The molecular weight excluding hydrogens is 316 g/mol. The van der Waals surface area contributed by atoms with Crippen molar-refractivity contribution in [3.8, 4) is 5.75 Å². The van der Waals surface area contributed by atoms with Gasteiger partial charge in [-0.25, -0.2) is 0 Å². The Bertz CT molecular complexity index is 816. The van der Waals surface area contributed by atoms with Crippen molar-refractivity contribution in [2.24, 2.45) is 0 Å². The number of ether oxygens (including phenoxy) is 1. The molecule has 1 heterocycles. The molecular formula is C20H22N2O3. The van der Waals surface area contributed by atoms with Crippen LogP contribution in [0.5, 0.6) is 5.75 Å². The van der Waals surface area contributed by atoms with E-state index in [4.69, 9.17) is 4.74 Å². The van der Waals surface area contributed by atoms with Gasteiger partial charge in [0, 0.05) is 23.7 Å². The molecule has 1 atom stereocenters. The van der Waals surface area contributed by atoms with Gasteiger partial charge in [0.15, 0.2) is 0 Å². The molecule has 0 fully saturated rings. The average molecular weight is 338 g/mol. The summed E-state index contributed by atoms with van der Waals surface area (Å²) in [5.41, 5.74) is 3.67. The summed E-state index contributed by atoms with van der Waals surface area (Å²) in [5.74, 6) is 0.430. The van der Waals surface area contributed by atoms with Gasteiger partial charge < -0.3 is 15.0 Å². The predicted octanol–water partition coefficient (Wildman–Crippen LogP) is 3.12. The van der Waals surface area contributed by atoms with E-state index in [-0.39, 0.29) is 11.8 Å². The molecule has 2 aromatic rings. The molecule has 5 heteroatoms. The minimum absolute atomic E-state index is 0.123. The molecule has 2 aromatic carbocycles. The molecule has 0 radical (unpaired) electrons. The number of nitrogens with one attached hydrogen (secondary N) is 1. The summed E-state index contributed by atoms with van der Waals surface area (Å²) in [7, 11) is 0. The maximum Gasteiger partial charge on any atom is 0.254 e. The van der Waals surface area contributed by atoms with E-state index >= 15 is 0 Å². The van der Waals surface area contributed by atoms with Crippen molar-refractivity contribution in [1.82, 2.24) is 5.32 Å². The second-order valence-electron chi connectivity index (χ2n) is 6.16. The molecule has 0 unspecified atom stereocenters. The highest BCUT2D eigenvalue weighted by atomic mass is 16.5. The number of aryl methyl sites for hydroxylation is 1. The normalized spacial score (nSPS) is 15.9. The lowest BCUT2D eigenvalue weighted by atomic mass is 10.1. The van der Waals surface area contributed by atoms with Crippen LogP contribution in [0, 0.1) is 6.92 Å². The molecule has 2 amide bonds. The van der Waals surface area contributed by atoms with Crippen molar-refractivity contribution < 1.29 is 14.3 Å². The van der Waals surface area contributed by atoms with Crippen molar-refractivity contribution >= 4 is 17.5 Å². The molecule has 0 saturated carbocycles. The highest BCUT2D eigenvalue weighted by Gasteiger charge is 2.38. The lowest BCUT2D eigenvalue weighted by Gasteiger charge is -2.20. The van der Waals surface area contributed by atoms with Gasteiger partial charge in [-0.05, 0) is 26.0 Å². The fourth-order valence-electron chi connectivity index (χ4n) is 3.17. The predicted molar refractivity (Wildman–Crippen MR) is 96.5 cm³/mol. The minimum Gasteiger partial charge on any atom is -0.494 e. The highest BCUT2D eigenvalue weighted by molar-refractivity contribution is 6.06. The van der Waals surface area contributed by atoms with Crippen molar-refractivity contribution in [3.63, 3.8) is 0 Å². The van der Waals surface area contributed by atoms with Crippen LogP contribution in [-0.4, -0.2) is 18.4 Å². The van der Waals surface area contributed by atoms with Crippen LogP contribution in [-0.2, 0) is 16.1 Å². The summed E-state index contributed by atoms with van der Waals surface area (Å²) in [5, 5.41) is 2.77. The first kappa shape index (κ1) is 17.0. The number of amides is 2. The van der Waals surface area contributed by atoms with E-state index in [1.54, 1.807) is 4.90 Å². The summed E-state index contributed by atoms with van der Waals surface area (Å²) in [6.45, 7) is 6.30. The zero-order valence-electron chi connectivity index (χ0n) is 14.7. The molecule has 0 saturated heterocycles. The van der Waals surface area contributed by atoms with Crippen LogP contribution in [0.2, 0.25) is 0 Å². The monoisotopic (exact) mass is 338 g/mol. The number of carbonyl (C=O) groups is 2. The zero-order valence-corrected chi connectivity index (χ0v) is 14.7. The van der Waals surface area contributed by atoms with E-state index in [9.17, 15) is 9.59 Å². The molecule has 130 valence electrons. The molecule has 1 aliphatic heterocycles. The number of rotatable bonds is 5. The van der Waals surface area contributed by atoms with E-state index in [2.05, 4.69) is 5.32 Å². The van der Waals surface area contributed by atoms with E-state index in [1.165, 1.54) is 6.92 Å². The number of hydrogen-bond acceptors (Lipinski definition) is 3. The Morgan fingerprint density at radius 2 is 2.00 bits per heavy atom. The standard InChI is InChI=1S/C20H22N2O3/c1-4-25-18-8-6-5-7-15(18)12-22-17-10-9-13(2)11-16(17)19(20(22)24)21-14(3)23/h5-11,19H,4,12H2,1-3H3,(H,21,23)/t19-/m1/s1. The minimum atomic E-state index is -0.633. The van der Waals surface area contributed by atoms with E-state index in [0.717, 1.165) is 28.1 Å². The average Bonchev–Trinajstić information content (AvgIpc) is 2.81. The third-order valence-corrected chi connectivity index (χ3v) is 4.25. The number of anilines is 1. The van der Waals surface area contributed by atoms with Gasteiger partial charge in [-0.2, -0.15) is 0 Å². The van der Waals surface area contributed by atoms with Crippen LogP contribution < -0.4 is 15.0 Å². The van der Waals surface area contributed by atoms with Crippen molar-refractivity contribution in [2.45, 2.75) is 33.4 Å². The first-order valence-electron chi connectivity index (χ1n) is 8.41. The quantitative estimate of drug-likeness (QED) is 0.911. The molecule has 0 bridgehead atoms. The summed E-state index contributed by atoms with van der Waals surface area (Å²) in [4.78, 5) is 26.2. The van der Waals surface area contributed by atoms with Crippen molar-refractivity contribution in [1.29, 1.82) is 0 Å². The van der Waals surface area contributed by atoms with Crippen LogP contribution in [0.3, 0.4) is 0 Å². The van der Waals surface area contributed by atoms with Gasteiger partial charge in [-0.3, -0.25) is 9.59 Å². The van der Waals surface area contributed by atoms with Crippen molar-refractivity contribution in [2.75, 3.05) is 11.5 Å². The summed E-state index contributed by atoms with van der Waals surface area (Å²) >= 11 is 0.